The first-order valence-electron chi connectivity index (χ1n) is 8.82. The number of para-hydroxylation sites is 2. The molecule has 0 aliphatic heterocycles. The fraction of sp³-hybridized carbons (Fsp3) is 0.368. The largest absolute Gasteiger partial charge is 0.486 e. The Kier molecular flexibility index (Phi) is 6.04. The van der Waals surface area contributed by atoms with Crippen LogP contribution in [-0.2, 0) is 0 Å². The molecule has 0 aliphatic rings. The summed E-state index contributed by atoms with van der Waals surface area (Å²) >= 11 is 2.94. The number of nitrogens with zero attached hydrogens (tertiary/aromatic N) is 3. The minimum Gasteiger partial charge on any atom is -0.486 e. The van der Waals surface area contributed by atoms with Gasteiger partial charge in [-0.2, -0.15) is 0 Å². The predicted octanol–water partition coefficient (Wildman–Crippen LogP) is 4.74. The molecule has 7 nitrogen and oxygen atoms in total. The smallest absolute Gasteiger partial charge is 0.310 e. The number of hydrogen-bond acceptors (Lipinski definition) is 7. The Morgan fingerprint density at radius 2 is 2.04 bits per heavy atom. The molecule has 0 bridgehead atoms. The van der Waals surface area contributed by atoms with Gasteiger partial charge in [0.05, 0.1) is 16.9 Å². The normalized spacial score (nSPS) is 11.3. The van der Waals surface area contributed by atoms with Gasteiger partial charge >= 0.3 is 5.69 Å². The van der Waals surface area contributed by atoms with Crippen LogP contribution in [0.5, 0.6) is 5.75 Å². The first-order chi connectivity index (χ1) is 13.3. The van der Waals surface area contributed by atoms with Crippen molar-refractivity contribution >= 4 is 39.0 Å². The second kappa shape index (κ2) is 8.32. The zero-order valence-electron chi connectivity index (χ0n) is 16.1. The summed E-state index contributed by atoms with van der Waals surface area (Å²) in [6.07, 6.45) is 0. The average Bonchev–Trinajstić information content (AvgIpc) is 2.92. The van der Waals surface area contributed by atoms with E-state index in [-0.39, 0.29) is 29.6 Å². The molecule has 0 unspecified atom stereocenters. The number of aromatic nitrogens is 2. The fourth-order valence-corrected chi connectivity index (χ4v) is 4.87. The lowest BCUT2D eigenvalue weighted by Crippen LogP contribution is -2.25. The topological polar surface area (TPSA) is 87.3 Å². The minimum atomic E-state index is -0.462. The molecule has 3 aromatic rings. The molecule has 28 heavy (non-hydrogen) atoms. The summed E-state index contributed by atoms with van der Waals surface area (Å²) in [5, 5.41) is 12.4. The van der Waals surface area contributed by atoms with Crippen molar-refractivity contribution in [3.05, 3.63) is 55.2 Å². The first kappa shape index (κ1) is 20.3. The number of aryl methyl sites for hydroxylation is 2. The fourth-order valence-electron chi connectivity index (χ4n) is 2.86. The van der Waals surface area contributed by atoms with E-state index in [4.69, 9.17) is 9.72 Å². The number of ether oxygens (including phenoxy) is 1. The van der Waals surface area contributed by atoms with Crippen molar-refractivity contribution in [1.82, 2.24) is 9.55 Å². The van der Waals surface area contributed by atoms with Gasteiger partial charge in [0.2, 0.25) is 0 Å². The molecule has 3 rings (SSSR count). The van der Waals surface area contributed by atoms with Gasteiger partial charge in [-0.1, -0.05) is 23.9 Å². The lowest BCUT2D eigenvalue weighted by atomic mass is 10.2. The molecule has 0 amide bonds. The Morgan fingerprint density at radius 1 is 1.32 bits per heavy atom. The van der Waals surface area contributed by atoms with E-state index in [0.717, 1.165) is 15.3 Å². The third-order valence-electron chi connectivity index (χ3n) is 4.35. The highest BCUT2D eigenvalue weighted by atomic mass is 32.2. The lowest BCUT2D eigenvalue weighted by Gasteiger charge is -2.15. The van der Waals surface area contributed by atoms with E-state index in [0.29, 0.717) is 16.3 Å². The summed E-state index contributed by atoms with van der Waals surface area (Å²) in [5.41, 5.74) is 0.905. The molecule has 9 heteroatoms. The number of rotatable bonds is 7. The van der Waals surface area contributed by atoms with Crippen molar-refractivity contribution in [3.8, 4) is 5.75 Å². The van der Waals surface area contributed by atoms with Crippen LogP contribution >= 0.6 is 23.1 Å². The van der Waals surface area contributed by atoms with Crippen molar-refractivity contribution in [2.45, 2.75) is 38.9 Å². The molecule has 148 valence electrons. The number of benzene rings is 1. The van der Waals surface area contributed by atoms with Crippen LogP contribution in [0, 0.1) is 24.0 Å². The van der Waals surface area contributed by atoms with E-state index in [1.165, 1.54) is 29.2 Å². The van der Waals surface area contributed by atoms with Crippen LogP contribution in [0.4, 0.5) is 5.69 Å². The van der Waals surface area contributed by atoms with E-state index in [9.17, 15) is 14.9 Å². The highest BCUT2D eigenvalue weighted by molar-refractivity contribution is 7.99. The molecule has 2 aromatic heterocycles. The molecule has 0 aliphatic carbocycles. The minimum absolute atomic E-state index is 0.0241. The van der Waals surface area contributed by atoms with Gasteiger partial charge in [0.15, 0.2) is 10.9 Å². The zero-order valence-corrected chi connectivity index (χ0v) is 17.7. The summed E-state index contributed by atoms with van der Waals surface area (Å²) < 4.78 is 7.29. The molecule has 1 aromatic carbocycles. The third kappa shape index (κ3) is 3.90. The van der Waals surface area contributed by atoms with E-state index in [1.807, 2.05) is 27.7 Å². The summed E-state index contributed by atoms with van der Waals surface area (Å²) in [6, 6.07) is 6.26. The van der Waals surface area contributed by atoms with Gasteiger partial charge in [0.25, 0.3) is 5.56 Å². The zero-order chi connectivity index (χ0) is 20.4. The third-order valence-corrected chi connectivity index (χ3v) is 6.37. The van der Waals surface area contributed by atoms with Crippen LogP contribution in [0.3, 0.4) is 0 Å². The molecular weight excluding hydrogens is 398 g/mol. The summed E-state index contributed by atoms with van der Waals surface area (Å²) in [6.45, 7) is 8.13. The van der Waals surface area contributed by atoms with Crippen LogP contribution in [0.25, 0.3) is 10.2 Å². The van der Waals surface area contributed by atoms with Crippen molar-refractivity contribution in [2.75, 3.05) is 12.4 Å². The van der Waals surface area contributed by atoms with E-state index in [1.54, 1.807) is 22.8 Å². The number of thioether (sulfide) groups is 1. The second-order valence-corrected chi connectivity index (χ2v) is 8.81. The number of hydrogen-bond donors (Lipinski definition) is 0. The van der Waals surface area contributed by atoms with Gasteiger partial charge in [-0.05, 0) is 39.3 Å². The Morgan fingerprint density at radius 3 is 2.71 bits per heavy atom. The first-order valence-corrected chi connectivity index (χ1v) is 10.6. The van der Waals surface area contributed by atoms with Gasteiger partial charge in [-0.3, -0.25) is 19.5 Å². The standard InChI is InChI=1S/C19H21N3O4S2/c1-11(2)21-18(23)16-12(3)13(4)28-17(16)20-19(21)27-10-9-26-15-8-6-5-7-14(15)22(24)25/h5-8,11H,9-10H2,1-4H3. The highest BCUT2D eigenvalue weighted by Crippen LogP contribution is 2.30. The number of nitro benzene ring substituents is 1. The van der Waals surface area contributed by atoms with Gasteiger partial charge in [0.1, 0.15) is 4.83 Å². The van der Waals surface area contributed by atoms with Gasteiger partial charge in [-0.25, -0.2) is 4.98 Å². The molecule has 0 radical (unpaired) electrons. The Bertz CT molecular complexity index is 1090. The van der Waals surface area contributed by atoms with E-state index in [2.05, 4.69) is 0 Å². The van der Waals surface area contributed by atoms with Crippen LogP contribution in [0.15, 0.2) is 34.2 Å². The van der Waals surface area contributed by atoms with Crippen molar-refractivity contribution in [3.63, 3.8) is 0 Å². The van der Waals surface area contributed by atoms with Gasteiger partial charge in [-0.15, -0.1) is 11.3 Å². The van der Waals surface area contributed by atoms with Crippen molar-refractivity contribution in [2.24, 2.45) is 0 Å². The van der Waals surface area contributed by atoms with Crippen LogP contribution in [0.1, 0.15) is 30.3 Å². The molecular formula is C19H21N3O4S2. The summed E-state index contributed by atoms with van der Waals surface area (Å²) in [5.74, 6) is 0.752. The molecule has 0 saturated carbocycles. The van der Waals surface area contributed by atoms with Crippen LogP contribution < -0.4 is 10.3 Å². The van der Waals surface area contributed by atoms with Crippen LogP contribution in [-0.4, -0.2) is 26.8 Å². The lowest BCUT2D eigenvalue weighted by molar-refractivity contribution is -0.385. The van der Waals surface area contributed by atoms with Crippen LogP contribution in [0.2, 0.25) is 0 Å². The Balaban J connectivity index is 1.80. The molecule has 2 heterocycles. The molecule has 0 atom stereocenters. The quantitative estimate of drug-likeness (QED) is 0.181. The molecule has 0 fully saturated rings. The van der Waals surface area contributed by atoms with E-state index >= 15 is 0 Å². The average molecular weight is 420 g/mol. The van der Waals surface area contributed by atoms with E-state index < -0.39 is 4.92 Å². The monoisotopic (exact) mass is 419 g/mol. The predicted molar refractivity (Wildman–Crippen MR) is 113 cm³/mol. The maximum Gasteiger partial charge on any atom is 0.310 e. The SMILES string of the molecule is Cc1sc2nc(SCCOc3ccccc3[N+](=O)[O-])n(C(C)C)c(=O)c2c1C. The number of thiophene rings is 1. The second-order valence-electron chi connectivity index (χ2n) is 6.55. The molecule has 0 saturated heterocycles. The summed E-state index contributed by atoms with van der Waals surface area (Å²) in [7, 11) is 0. The number of fused-ring (bicyclic) bond motifs is 1. The molecule has 0 spiro atoms. The van der Waals surface area contributed by atoms with Gasteiger partial charge < -0.3 is 4.74 Å². The highest BCUT2D eigenvalue weighted by Gasteiger charge is 2.19. The van der Waals surface area contributed by atoms with Crippen molar-refractivity contribution < 1.29 is 9.66 Å². The summed E-state index contributed by atoms with van der Waals surface area (Å²) in [4.78, 5) is 30.2. The Labute approximate surface area is 170 Å². The van der Waals surface area contributed by atoms with Crippen molar-refractivity contribution in [1.29, 1.82) is 0 Å². The Hall–Kier alpha value is -2.39. The maximum atomic E-state index is 13.0. The van der Waals surface area contributed by atoms with Gasteiger partial charge in [0, 0.05) is 22.7 Å². The molecule has 0 N–H and O–H groups in total. The maximum absolute atomic E-state index is 13.0. The number of nitro groups is 1.